The maximum absolute atomic E-state index is 10.4. The molecule has 1 radical (unpaired) electrons. The molecule has 0 bridgehead atoms. The SMILES string of the molecule is NC(=O)[CH]Cc1ccc(Cl)cc1Cl. The summed E-state index contributed by atoms with van der Waals surface area (Å²) < 4.78 is 0. The molecule has 0 aliphatic heterocycles. The summed E-state index contributed by atoms with van der Waals surface area (Å²) in [4.78, 5) is 10.4. The van der Waals surface area contributed by atoms with Crippen LogP contribution in [0.1, 0.15) is 5.56 Å². The fraction of sp³-hybridized carbons (Fsp3) is 0.111. The molecule has 1 aromatic rings. The lowest BCUT2D eigenvalue weighted by Gasteiger charge is -2.01. The Labute approximate surface area is 86.6 Å². The van der Waals surface area contributed by atoms with Gasteiger partial charge in [0, 0.05) is 10.0 Å². The van der Waals surface area contributed by atoms with Crippen molar-refractivity contribution in [2.24, 2.45) is 5.73 Å². The van der Waals surface area contributed by atoms with Crippen molar-refractivity contribution in [2.75, 3.05) is 0 Å². The topological polar surface area (TPSA) is 43.1 Å². The Morgan fingerprint density at radius 3 is 2.69 bits per heavy atom. The Morgan fingerprint density at radius 1 is 1.46 bits per heavy atom. The first kappa shape index (κ1) is 10.4. The third-order valence-electron chi connectivity index (χ3n) is 1.54. The maximum Gasteiger partial charge on any atom is 0.221 e. The predicted molar refractivity (Wildman–Crippen MR) is 53.7 cm³/mol. The molecule has 0 aliphatic rings. The highest BCUT2D eigenvalue weighted by Gasteiger charge is 2.03. The van der Waals surface area contributed by atoms with E-state index in [-0.39, 0.29) is 0 Å². The van der Waals surface area contributed by atoms with Crippen molar-refractivity contribution >= 4 is 29.1 Å². The number of hydrogen-bond acceptors (Lipinski definition) is 1. The van der Waals surface area contributed by atoms with Crippen molar-refractivity contribution in [3.05, 3.63) is 40.2 Å². The number of halogens is 2. The number of rotatable bonds is 3. The molecular weight excluding hydrogens is 209 g/mol. The van der Waals surface area contributed by atoms with Crippen molar-refractivity contribution in [3.63, 3.8) is 0 Å². The minimum absolute atomic E-state index is 0.436. The number of hydrogen-bond donors (Lipinski definition) is 1. The van der Waals surface area contributed by atoms with Crippen molar-refractivity contribution in [3.8, 4) is 0 Å². The van der Waals surface area contributed by atoms with Crippen LogP contribution in [-0.4, -0.2) is 5.91 Å². The average Bonchev–Trinajstić information content (AvgIpc) is 2.02. The van der Waals surface area contributed by atoms with Crippen LogP contribution in [0.5, 0.6) is 0 Å². The number of primary amides is 1. The van der Waals surface area contributed by atoms with Gasteiger partial charge in [0.05, 0.1) is 6.42 Å². The van der Waals surface area contributed by atoms with Crippen molar-refractivity contribution in [1.82, 2.24) is 0 Å². The van der Waals surface area contributed by atoms with Crippen LogP contribution in [0, 0.1) is 6.42 Å². The Morgan fingerprint density at radius 2 is 2.15 bits per heavy atom. The van der Waals surface area contributed by atoms with Gasteiger partial charge in [0.2, 0.25) is 5.91 Å². The normalized spacial score (nSPS) is 10.0. The zero-order chi connectivity index (χ0) is 9.84. The van der Waals surface area contributed by atoms with Gasteiger partial charge in [-0.3, -0.25) is 4.79 Å². The summed E-state index contributed by atoms with van der Waals surface area (Å²) >= 11 is 11.5. The fourth-order valence-corrected chi connectivity index (χ4v) is 1.38. The lowest BCUT2D eigenvalue weighted by atomic mass is 10.1. The van der Waals surface area contributed by atoms with E-state index >= 15 is 0 Å². The third kappa shape index (κ3) is 3.25. The monoisotopic (exact) mass is 216 g/mol. The summed E-state index contributed by atoms with van der Waals surface area (Å²) in [6, 6.07) is 5.12. The molecule has 0 saturated heterocycles. The van der Waals surface area contributed by atoms with Gasteiger partial charge in [-0.2, -0.15) is 0 Å². The molecule has 1 rings (SSSR count). The van der Waals surface area contributed by atoms with Crippen LogP contribution in [0.2, 0.25) is 10.0 Å². The van der Waals surface area contributed by atoms with Crippen LogP contribution in [-0.2, 0) is 11.2 Å². The van der Waals surface area contributed by atoms with Gasteiger partial charge in [-0.15, -0.1) is 0 Å². The third-order valence-corrected chi connectivity index (χ3v) is 2.13. The molecule has 0 aliphatic carbocycles. The van der Waals surface area contributed by atoms with Gasteiger partial charge < -0.3 is 5.73 Å². The van der Waals surface area contributed by atoms with Gasteiger partial charge in [-0.1, -0.05) is 29.3 Å². The van der Waals surface area contributed by atoms with Gasteiger partial charge in [0.15, 0.2) is 0 Å². The van der Waals surface area contributed by atoms with Crippen LogP contribution in [0.4, 0.5) is 0 Å². The summed E-state index contributed by atoms with van der Waals surface area (Å²) in [7, 11) is 0. The molecule has 1 amide bonds. The van der Waals surface area contributed by atoms with Crippen LogP contribution in [0.3, 0.4) is 0 Å². The van der Waals surface area contributed by atoms with Gasteiger partial charge in [0.1, 0.15) is 0 Å². The molecule has 13 heavy (non-hydrogen) atoms. The van der Waals surface area contributed by atoms with E-state index in [0.29, 0.717) is 16.5 Å². The molecule has 0 fully saturated rings. The molecule has 2 nitrogen and oxygen atoms in total. The summed E-state index contributed by atoms with van der Waals surface area (Å²) in [6.45, 7) is 0. The number of carbonyl (C=O) groups is 1. The van der Waals surface area contributed by atoms with E-state index in [1.165, 1.54) is 6.42 Å². The van der Waals surface area contributed by atoms with Gasteiger partial charge in [-0.05, 0) is 24.1 Å². The van der Waals surface area contributed by atoms with E-state index in [2.05, 4.69) is 0 Å². The summed E-state index contributed by atoms with van der Waals surface area (Å²) in [5.41, 5.74) is 5.79. The number of nitrogens with two attached hydrogens (primary N) is 1. The second-order valence-corrected chi connectivity index (χ2v) is 3.39. The highest BCUT2D eigenvalue weighted by molar-refractivity contribution is 6.35. The summed E-state index contributed by atoms with van der Waals surface area (Å²) in [5, 5.41) is 1.12. The van der Waals surface area contributed by atoms with Crippen molar-refractivity contribution < 1.29 is 4.79 Å². The second kappa shape index (κ2) is 4.49. The Hall–Kier alpha value is -0.730. The van der Waals surface area contributed by atoms with E-state index in [9.17, 15) is 4.79 Å². The lowest BCUT2D eigenvalue weighted by Crippen LogP contribution is -2.12. The molecule has 0 atom stereocenters. The highest BCUT2D eigenvalue weighted by atomic mass is 35.5. The molecule has 0 aromatic heterocycles. The van der Waals surface area contributed by atoms with Crippen molar-refractivity contribution in [2.45, 2.75) is 6.42 Å². The first-order valence-corrected chi connectivity index (χ1v) is 4.42. The molecule has 0 saturated carbocycles. The predicted octanol–water partition coefficient (Wildman–Crippen LogP) is 2.23. The molecule has 4 heteroatoms. The zero-order valence-corrected chi connectivity index (χ0v) is 8.27. The minimum atomic E-state index is -0.453. The number of benzene rings is 1. The Bertz CT molecular complexity index is 325. The lowest BCUT2D eigenvalue weighted by molar-refractivity contribution is -0.115. The summed E-state index contributed by atoms with van der Waals surface area (Å²) in [5.74, 6) is -0.453. The van der Waals surface area contributed by atoms with Gasteiger partial charge in [0.25, 0.3) is 0 Å². The van der Waals surface area contributed by atoms with Crippen LogP contribution in [0.25, 0.3) is 0 Å². The van der Waals surface area contributed by atoms with Crippen LogP contribution in [0.15, 0.2) is 18.2 Å². The first-order chi connectivity index (χ1) is 6.09. The van der Waals surface area contributed by atoms with Gasteiger partial charge >= 0.3 is 0 Å². The molecular formula is C9H8Cl2NO. The van der Waals surface area contributed by atoms with E-state index in [1.807, 2.05) is 0 Å². The standard InChI is InChI=1S/C9H8Cl2NO/c10-7-3-1-6(8(11)5-7)2-4-9(12)13/h1,3-5H,2H2,(H2,12,13). The smallest absolute Gasteiger partial charge is 0.221 e. The molecule has 2 N–H and O–H groups in total. The first-order valence-electron chi connectivity index (χ1n) is 3.66. The number of amides is 1. The quantitative estimate of drug-likeness (QED) is 0.828. The van der Waals surface area contributed by atoms with E-state index < -0.39 is 5.91 Å². The van der Waals surface area contributed by atoms with Gasteiger partial charge in [-0.25, -0.2) is 0 Å². The molecule has 1 aromatic carbocycles. The minimum Gasteiger partial charge on any atom is -0.369 e. The number of carbonyl (C=O) groups excluding carboxylic acids is 1. The Kier molecular flexibility index (Phi) is 3.58. The molecule has 0 unspecified atom stereocenters. The van der Waals surface area contributed by atoms with Crippen LogP contribution < -0.4 is 5.73 Å². The highest BCUT2D eigenvalue weighted by Crippen LogP contribution is 2.21. The van der Waals surface area contributed by atoms with E-state index in [0.717, 1.165) is 5.56 Å². The maximum atomic E-state index is 10.4. The zero-order valence-electron chi connectivity index (χ0n) is 6.76. The molecule has 0 spiro atoms. The van der Waals surface area contributed by atoms with Crippen LogP contribution >= 0.6 is 23.2 Å². The van der Waals surface area contributed by atoms with E-state index in [4.69, 9.17) is 28.9 Å². The van der Waals surface area contributed by atoms with Crippen molar-refractivity contribution in [1.29, 1.82) is 0 Å². The van der Waals surface area contributed by atoms with E-state index in [1.54, 1.807) is 18.2 Å². The second-order valence-electron chi connectivity index (χ2n) is 2.55. The Balaban J connectivity index is 2.72. The molecule has 69 valence electrons. The summed E-state index contributed by atoms with van der Waals surface area (Å²) in [6.07, 6.45) is 1.81. The average molecular weight is 217 g/mol. The molecule has 0 heterocycles. The fourth-order valence-electron chi connectivity index (χ4n) is 0.898. The largest absolute Gasteiger partial charge is 0.369 e.